The first-order chi connectivity index (χ1) is 15.3. The van der Waals surface area contributed by atoms with Crippen LogP contribution >= 0.6 is 24.0 Å². The number of ether oxygens (including phenoxy) is 1. The molecule has 33 heavy (non-hydrogen) atoms. The van der Waals surface area contributed by atoms with Gasteiger partial charge < -0.3 is 25.9 Å². The van der Waals surface area contributed by atoms with Crippen molar-refractivity contribution in [2.24, 2.45) is 5.73 Å². The molecule has 0 spiro atoms. The SMILES string of the molecule is Cl.Nc1nc(Oc2ccc(C[C@H](N)C(=O)O)cc2)c2ccn(Cc3ccc(F)cc3Cl)c2n1. The molecule has 0 fully saturated rings. The zero-order chi connectivity index (χ0) is 22.8. The summed E-state index contributed by atoms with van der Waals surface area (Å²) >= 11 is 6.15. The van der Waals surface area contributed by atoms with Crippen LogP contribution in [0.3, 0.4) is 0 Å². The van der Waals surface area contributed by atoms with Crippen molar-refractivity contribution in [3.63, 3.8) is 0 Å². The van der Waals surface area contributed by atoms with Crippen LogP contribution in [0.4, 0.5) is 10.3 Å². The summed E-state index contributed by atoms with van der Waals surface area (Å²) in [5.74, 6) is -0.676. The van der Waals surface area contributed by atoms with Gasteiger partial charge in [0.1, 0.15) is 23.3 Å². The van der Waals surface area contributed by atoms with E-state index < -0.39 is 17.8 Å². The average Bonchev–Trinajstić information content (AvgIpc) is 3.14. The Balaban J connectivity index is 0.00000306. The van der Waals surface area contributed by atoms with Crippen LogP contribution in [0.25, 0.3) is 11.0 Å². The largest absolute Gasteiger partial charge is 0.480 e. The number of hydrogen-bond donors (Lipinski definition) is 3. The van der Waals surface area contributed by atoms with Crippen LogP contribution in [0.2, 0.25) is 5.02 Å². The monoisotopic (exact) mass is 491 g/mol. The van der Waals surface area contributed by atoms with E-state index >= 15 is 0 Å². The van der Waals surface area contributed by atoms with Gasteiger partial charge in [0.2, 0.25) is 11.8 Å². The molecule has 0 amide bonds. The zero-order valence-corrected chi connectivity index (χ0v) is 18.7. The molecule has 4 aromatic rings. The predicted molar refractivity (Wildman–Crippen MR) is 126 cm³/mol. The number of rotatable bonds is 7. The Morgan fingerprint density at radius 3 is 2.58 bits per heavy atom. The molecule has 0 bridgehead atoms. The van der Waals surface area contributed by atoms with E-state index in [1.807, 2.05) is 4.57 Å². The van der Waals surface area contributed by atoms with Gasteiger partial charge in [-0.15, -0.1) is 12.4 Å². The molecular formula is C22H20Cl2FN5O3. The van der Waals surface area contributed by atoms with E-state index in [4.69, 9.17) is 32.9 Å². The number of benzene rings is 2. The molecule has 2 heterocycles. The normalized spacial score (nSPS) is 11.7. The van der Waals surface area contributed by atoms with Crippen LogP contribution < -0.4 is 16.2 Å². The van der Waals surface area contributed by atoms with Gasteiger partial charge in [-0.1, -0.05) is 29.8 Å². The molecule has 0 aliphatic carbocycles. The Morgan fingerprint density at radius 1 is 1.18 bits per heavy atom. The Hall–Kier alpha value is -3.40. The highest BCUT2D eigenvalue weighted by Gasteiger charge is 2.15. The van der Waals surface area contributed by atoms with Gasteiger partial charge in [0.15, 0.2) is 0 Å². The summed E-state index contributed by atoms with van der Waals surface area (Å²) in [5.41, 5.74) is 13.5. The molecule has 2 aromatic heterocycles. The van der Waals surface area contributed by atoms with Crippen LogP contribution in [0.5, 0.6) is 11.6 Å². The van der Waals surface area contributed by atoms with Gasteiger partial charge in [0.05, 0.1) is 11.9 Å². The lowest BCUT2D eigenvalue weighted by molar-refractivity contribution is -0.138. The van der Waals surface area contributed by atoms with Crippen molar-refractivity contribution in [1.82, 2.24) is 14.5 Å². The number of carboxylic acid groups (broad SMARTS) is 1. The van der Waals surface area contributed by atoms with Crippen molar-refractivity contribution in [2.75, 3.05) is 5.73 Å². The van der Waals surface area contributed by atoms with E-state index in [-0.39, 0.29) is 30.7 Å². The van der Waals surface area contributed by atoms with E-state index in [2.05, 4.69) is 9.97 Å². The number of halogens is 3. The molecule has 11 heteroatoms. The highest BCUT2D eigenvalue weighted by molar-refractivity contribution is 6.31. The minimum Gasteiger partial charge on any atom is -0.480 e. The van der Waals surface area contributed by atoms with Crippen LogP contribution in [-0.4, -0.2) is 31.7 Å². The third-order valence-corrected chi connectivity index (χ3v) is 5.22. The molecule has 5 N–H and O–H groups in total. The molecule has 0 aliphatic heterocycles. The maximum atomic E-state index is 13.3. The Bertz CT molecular complexity index is 1300. The number of carbonyl (C=O) groups is 1. The lowest BCUT2D eigenvalue weighted by Gasteiger charge is -2.10. The summed E-state index contributed by atoms with van der Waals surface area (Å²) in [6.45, 7) is 0.358. The molecule has 2 aromatic carbocycles. The number of aromatic nitrogens is 3. The lowest BCUT2D eigenvalue weighted by atomic mass is 10.1. The Morgan fingerprint density at radius 2 is 1.91 bits per heavy atom. The highest BCUT2D eigenvalue weighted by atomic mass is 35.5. The number of nitrogens with two attached hydrogens (primary N) is 2. The van der Waals surface area contributed by atoms with Crippen molar-refractivity contribution >= 4 is 47.0 Å². The minimum atomic E-state index is -1.06. The van der Waals surface area contributed by atoms with Crippen LogP contribution in [-0.2, 0) is 17.8 Å². The molecule has 4 rings (SSSR count). The summed E-state index contributed by atoms with van der Waals surface area (Å²) in [4.78, 5) is 19.4. The van der Waals surface area contributed by atoms with Gasteiger partial charge in [-0.3, -0.25) is 4.79 Å². The van der Waals surface area contributed by atoms with Crippen LogP contribution in [0.1, 0.15) is 11.1 Å². The molecule has 0 unspecified atom stereocenters. The van der Waals surface area contributed by atoms with Gasteiger partial charge in [-0.05, 0) is 47.9 Å². The first kappa shape index (κ1) is 24.2. The zero-order valence-electron chi connectivity index (χ0n) is 17.1. The fourth-order valence-electron chi connectivity index (χ4n) is 3.24. The van der Waals surface area contributed by atoms with Gasteiger partial charge in [-0.2, -0.15) is 9.97 Å². The van der Waals surface area contributed by atoms with E-state index in [1.165, 1.54) is 12.1 Å². The first-order valence-corrected chi connectivity index (χ1v) is 9.99. The smallest absolute Gasteiger partial charge is 0.320 e. The van der Waals surface area contributed by atoms with Gasteiger partial charge in [-0.25, -0.2) is 4.39 Å². The average molecular weight is 492 g/mol. The van der Waals surface area contributed by atoms with Gasteiger partial charge >= 0.3 is 5.97 Å². The second kappa shape index (κ2) is 10.0. The summed E-state index contributed by atoms with van der Waals surface area (Å²) in [7, 11) is 0. The molecule has 172 valence electrons. The van der Waals surface area contributed by atoms with E-state index in [9.17, 15) is 9.18 Å². The summed E-state index contributed by atoms with van der Waals surface area (Å²) in [6.07, 6.45) is 2.00. The summed E-state index contributed by atoms with van der Waals surface area (Å²) in [6, 6.07) is 11.9. The number of nitrogen functional groups attached to an aromatic ring is 1. The molecule has 1 atom stereocenters. The third-order valence-electron chi connectivity index (χ3n) is 4.87. The third kappa shape index (κ3) is 5.51. The lowest BCUT2D eigenvalue weighted by Crippen LogP contribution is -2.32. The minimum absolute atomic E-state index is 0. The van der Waals surface area contributed by atoms with Gasteiger partial charge in [0, 0.05) is 11.2 Å². The molecule has 8 nitrogen and oxygen atoms in total. The highest BCUT2D eigenvalue weighted by Crippen LogP contribution is 2.30. The second-order valence-electron chi connectivity index (χ2n) is 7.20. The van der Waals surface area contributed by atoms with Crippen LogP contribution in [0, 0.1) is 5.82 Å². The van der Waals surface area contributed by atoms with Gasteiger partial charge in [0.25, 0.3) is 0 Å². The number of anilines is 1. The van der Waals surface area contributed by atoms with E-state index in [1.54, 1.807) is 42.6 Å². The number of carboxylic acids is 1. The van der Waals surface area contributed by atoms with Crippen molar-refractivity contribution in [2.45, 2.75) is 19.0 Å². The summed E-state index contributed by atoms with van der Waals surface area (Å²) in [5, 5.41) is 9.89. The topological polar surface area (TPSA) is 129 Å². The summed E-state index contributed by atoms with van der Waals surface area (Å²) < 4.78 is 21.1. The fraction of sp³-hybridized carbons (Fsp3) is 0.136. The quantitative estimate of drug-likeness (QED) is 0.355. The first-order valence-electron chi connectivity index (χ1n) is 9.61. The second-order valence-corrected chi connectivity index (χ2v) is 7.61. The number of hydrogen-bond acceptors (Lipinski definition) is 6. The molecule has 0 radical (unpaired) electrons. The van der Waals surface area contributed by atoms with Crippen molar-refractivity contribution in [1.29, 1.82) is 0 Å². The van der Waals surface area contributed by atoms with Crippen molar-refractivity contribution in [3.8, 4) is 11.6 Å². The van der Waals surface area contributed by atoms with E-state index in [0.717, 1.165) is 11.1 Å². The molecule has 0 saturated heterocycles. The van der Waals surface area contributed by atoms with Crippen molar-refractivity contribution in [3.05, 3.63) is 76.7 Å². The Kier molecular flexibility index (Phi) is 7.37. The maximum absolute atomic E-state index is 13.3. The van der Waals surface area contributed by atoms with Crippen molar-refractivity contribution < 1.29 is 19.0 Å². The Labute approximate surface area is 199 Å². The molecule has 0 aliphatic rings. The predicted octanol–water partition coefficient (Wildman–Crippen LogP) is 4.02. The fourth-order valence-corrected chi connectivity index (χ4v) is 3.47. The number of fused-ring (bicyclic) bond motifs is 1. The van der Waals surface area contributed by atoms with Crippen LogP contribution in [0.15, 0.2) is 54.7 Å². The van der Waals surface area contributed by atoms with E-state index in [0.29, 0.717) is 28.4 Å². The number of nitrogens with zero attached hydrogens (tertiary/aromatic N) is 3. The molecular weight excluding hydrogens is 472 g/mol. The standard InChI is InChI=1S/C22H19ClFN5O3.ClH/c23-17-10-14(24)4-3-13(17)11-29-8-7-16-19(29)27-22(26)28-20(16)32-15-5-1-12(2-6-15)9-18(25)21(30)31;/h1-8,10,18H,9,11,25H2,(H,30,31)(H2,26,27,28);1H/t18-;/m0./s1. The molecule has 0 saturated carbocycles. The number of aliphatic carboxylic acids is 1. The maximum Gasteiger partial charge on any atom is 0.320 e.